The first-order valence-corrected chi connectivity index (χ1v) is 8.74. The molecule has 0 saturated heterocycles. The number of hydrogen-bond donors (Lipinski definition) is 8. The van der Waals surface area contributed by atoms with Gasteiger partial charge in [-0.25, -0.2) is 0 Å². The van der Waals surface area contributed by atoms with Crippen molar-refractivity contribution in [3.8, 4) is 0 Å². The summed E-state index contributed by atoms with van der Waals surface area (Å²) in [4.78, 5) is 6.64. The molecule has 0 aliphatic carbocycles. The van der Waals surface area contributed by atoms with E-state index in [1.807, 2.05) is 0 Å². The number of halogens is 4. The maximum atomic E-state index is 10.1. The van der Waals surface area contributed by atoms with Gasteiger partial charge in [0.05, 0.1) is 0 Å². The molecule has 1 aliphatic rings. The second-order valence-electron chi connectivity index (χ2n) is 3.89. The second kappa shape index (κ2) is 19.5. The molecule has 0 saturated carbocycles. The fraction of sp³-hybridized carbons (Fsp3) is 0.375. The van der Waals surface area contributed by atoms with Crippen LogP contribution in [0.25, 0.3) is 0 Å². The van der Waals surface area contributed by atoms with Crippen molar-refractivity contribution in [2.75, 3.05) is 24.9 Å². The van der Waals surface area contributed by atoms with Crippen molar-refractivity contribution in [2.24, 2.45) is 4.99 Å². The minimum absolute atomic E-state index is 0.795. The molecule has 160 valence electrons. The lowest BCUT2D eigenvalue weighted by molar-refractivity contribution is 0.338. The minimum atomic E-state index is -2.67. The third-order valence-corrected chi connectivity index (χ3v) is 3.60. The predicted molar refractivity (Wildman–Crippen MR) is 103 cm³/mol. The lowest BCUT2D eigenvalue weighted by atomic mass is 10.3. The highest BCUT2D eigenvalue weighted by Crippen LogP contribution is 2.32. The highest BCUT2D eigenvalue weighted by Gasteiger charge is 2.17. The lowest BCUT2D eigenvalue weighted by Crippen LogP contribution is -2.22. The van der Waals surface area contributed by atoms with E-state index in [0.29, 0.717) is 0 Å². The van der Waals surface area contributed by atoms with Gasteiger partial charge in [-0.15, -0.1) is 23.1 Å². The molecule has 28 heavy (non-hydrogen) atoms. The van der Waals surface area contributed by atoms with Crippen LogP contribution in [0.15, 0.2) is 16.4 Å². The highest BCUT2D eigenvalue weighted by atomic mass is 32.2. The van der Waals surface area contributed by atoms with Gasteiger partial charge in [0.15, 0.2) is 0 Å². The van der Waals surface area contributed by atoms with Crippen LogP contribution in [-0.4, -0.2) is 94.8 Å². The molecule has 0 unspecified atom stereocenters. The van der Waals surface area contributed by atoms with Crippen LogP contribution < -0.4 is 4.90 Å². The Labute approximate surface area is 167 Å². The fourth-order valence-corrected chi connectivity index (χ4v) is 2.75. The molecule has 20 heteroatoms. The van der Waals surface area contributed by atoms with Crippen molar-refractivity contribution < 1.29 is 57.5 Å². The monoisotopic (exact) mass is 454 g/mol. The molecule has 0 radical (unpaired) electrons. The van der Waals surface area contributed by atoms with Crippen LogP contribution in [0, 0.1) is 0 Å². The molecule has 1 aliphatic heterocycles. The Morgan fingerprint density at radius 3 is 1.61 bits per heavy atom. The van der Waals surface area contributed by atoms with E-state index in [0.717, 1.165) is 6.67 Å². The van der Waals surface area contributed by atoms with Crippen LogP contribution in [0.2, 0.25) is 0 Å². The number of hydrogen-bond acceptors (Lipinski definition) is 12. The summed E-state index contributed by atoms with van der Waals surface area (Å²) in [6.45, 7) is 0.795. The maximum absolute atomic E-state index is 10.1. The van der Waals surface area contributed by atoms with E-state index in [2.05, 4.69) is 34.6 Å². The number of anilines is 1. The van der Waals surface area contributed by atoms with Crippen LogP contribution in [0.4, 0.5) is 22.3 Å². The molecule has 0 amide bonds. The Balaban J connectivity index is -0.000000328. The summed E-state index contributed by atoms with van der Waals surface area (Å²) in [6.07, 6.45) is 2.08. The first-order chi connectivity index (χ1) is 12.8. The van der Waals surface area contributed by atoms with Gasteiger partial charge in [-0.05, 0) is 17.7 Å². The van der Waals surface area contributed by atoms with Crippen molar-refractivity contribution in [1.82, 2.24) is 0 Å². The van der Waals surface area contributed by atoms with Gasteiger partial charge in [0.1, 0.15) is 16.7 Å². The van der Waals surface area contributed by atoms with Crippen molar-refractivity contribution >= 4 is 62.7 Å². The number of aliphatic imine (C=N–C) groups is 1. The van der Waals surface area contributed by atoms with Crippen molar-refractivity contribution in [3.63, 3.8) is 0 Å². The van der Waals surface area contributed by atoms with E-state index < -0.39 is 29.6 Å². The fourth-order valence-electron chi connectivity index (χ4n) is 1.25. The molecule has 10 nitrogen and oxygen atoms in total. The Hall–Kier alpha value is -0.820. The average Bonchev–Trinajstić information content (AvgIpc) is 2.95. The highest BCUT2D eigenvalue weighted by molar-refractivity contribution is 8.13. The van der Waals surface area contributed by atoms with Gasteiger partial charge in [0.25, 0.3) is 0 Å². The number of thioether (sulfide) groups is 1. The van der Waals surface area contributed by atoms with Crippen molar-refractivity contribution in [1.29, 1.82) is 0 Å². The number of rotatable bonds is 0. The van der Waals surface area contributed by atoms with E-state index in [4.69, 9.17) is 40.2 Å². The smallest absolute Gasteiger partial charge is 0.398 e. The molecular weight excluding hydrogens is 435 g/mol. The first-order valence-electron chi connectivity index (χ1n) is 6.64. The number of thiophene rings is 1. The van der Waals surface area contributed by atoms with Gasteiger partial charge in [-0.2, -0.15) is 0 Å². The van der Waals surface area contributed by atoms with Crippen LogP contribution in [-0.2, 0) is 0 Å². The molecule has 0 spiro atoms. The molecular formula is C8H18B4F4N2O8S2. The molecule has 1 aromatic heterocycles. The second-order valence-corrected chi connectivity index (χ2v) is 5.58. The zero-order valence-electron chi connectivity index (χ0n) is 14.5. The largest absolute Gasteiger partial charge is 0.674 e. The van der Waals surface area contributed by atoms with E-state index in [1.165, 1.54) is 15.6 Å². The van der Waals surface area contributed by atoms with Gasteiger partial charge in [-0.1, -0.05) is 0 Å². The normalized spacial score (nSPS) is 10.6. The SMILES string of the molecule is CSC1=NCN(C)c2sccc21.OB(O)F.OB(O)F.OB(O)F.OB(O)F. The van der Waals surface area contributed by atoms with Gasteiger partial charge >= 0.3 is 29.6 Å². The summed E-state index contributed by atoms with van der Waals surface area (Å²) < 4.78 is 40.4. The van der Waals surface area contributed by atoms with Gasteiger partial charge in [0.2, 0.25) is 0 Å². The zero-order chi connectivity index (χ0) is 22.9. The first kappa shape index (κ1) is 31.9. The van der Waals surface area contributed by atoms with E-state index >= 15 is 0 Å². The maximum Gasteiger partial charge on any atom is 0.674 e. The van der Waals surface area contributed by atoms with Crippen LogP contribution >= 0.6 is 23.1 Å². The Morgan fingerprint density at radius 2 is 1.29 bits per heavy atom. The molecule has 1 aromatic rings. The average molecular weight is 454 g/mol. The number of fused-ring (bicyclic) bond motifs is 1. The summed E-state index contributed by atoms with van der Waals surface area (Å²) in [5, 5.41) is 60.2. The van der Waals surface area contributed by atoms with Gasteiger partial charge < -0.3 is 45.1 Å². The van der Waals surface area contributed by atoms with Crippen LogP contribution in [0.5, 0.6) is 0 Å². The quantitative estimate of drug-likeness (QED) is 0.161. The molecule has 0 atom stereocenters. The molecule has 8 N–H and O–H groups in total. The van der Waals surface area contributed by atoms with Gasteiger partial charge in [-0.3, -0.25) is 22.3 Å². The third-order valence-electron chi connectivity index (χ3n) is 1.84. The van der Waals surface area contributed by atoms with Gasteiger partial charge in [0, 0.05) is 12.6 Å². The summed E-state index contributed by atoms with van der Waals surface area (Å²) >= 11 is 3.51. The molecule has 0 aromatic carbocycles. The standard InChI is InChI=1S/C8H10N2S2.4BFH2O2/c1-10-5-9-7(11-2)6-3-4-12-8(6)10;4*2-1(3)4/h3-4H,5H2,1-2H3;4*3-4H. The Morgan fingerprint density at radius 1 is 0.929 bits per heavy atom. The minimum Gasteiger partial charge on any atom is -0.398 e. The van der Waals surface area contributed by atoms with Crippen LogP contribution in [0.3, 0.4) is 0 Å². The zero-order valence-corrected chi connectivity index (χ0v) is 16.1. The topological polar surface area (TPSA) is 177 Å². The lowest BCUT2D eigenvalue weighted by Gasteiger charge is -2.21. The summed E-state index contributed by atoms with van der Waals surface area (Å²) in [6, 6.07) is 2.14. The summed E-state index contributed by atoms with van der Waals surface area (Å²) in [5.74, 6) is 0. The van der Waals surface area contributed by atoms with Crippen molar-refractivity contribution in [2.45, 2.75) is 0 Å². The Kier molecular flexibility index (Phi) is 22.2. The van der Waals surface area contributed by atoms with Crippen molar-refractivity contribution in [3.05, 3.63) is 17.0 Å². The molecule has 2 heterocycles. The number of nitrogens with zero attached hydrogens (tertiary/aromatic N) is 2. The Bertz CT molecular complexity index is 486. The summed E-state index contributed by atoms with van der Waals surface area (Å²) in [5.41, 5.74) is 1.29. The van der Waals surface area contributed by atoms with E-state index in [-0.39, 0.29) is 0 Å². The summed E-state index contributed by atoms with van der Waals surface area (Å²) in [7, 11) is -8.59. The predicted octanol–water partition coefficient (Wildman–Crippen LogP) is -2.03. The molecule has 0 bridgehead atoms. The van der Waals surface area contributed by atoms with E-state index in [9.17, 15) is 17.3 Å². The molecule has 2 rings (SSSR count). The third kappa shape index (κ3) is 25.2. The molecule has 0 fully saturated rings. The van der Waals surface area contributed by atoms with Crippen LogP contribution in [0.1, 0.15) is 5.56 Å². The van der Waals surface area contributed by atoms with E-state index in [1.54, 1.807) is 23.1 Å².